The summed E-state index contributed by atoms with van der Waals surface area (Å²) in [7, 11) is 1.63. The third-order valence-electron chi connectivity index (χ3n) is 5.60. The highest BCUT2D eigenvalue weighted by atomic mass is 16.5. The van der Waals surface area contributed by atoms with Crippen molar-refractivity contribution in [2.75, 3.05) is 31.7 Å². The van der Waals surface area contributed by atoms with Crippen molar-refractivity contribution in [3.63, 3.8) is 0 Å². The maximum atomic E-state index is 13.4. The van der Waals surface area contributed by atoms with E-state index in [1.807, 2.05) is 74.2 Å². The Balaban J connectivity index is 1.78. The van der Waals surface area contributed by atoms with Gasteiger partial charge in [-0.25, -0.2) is 0 Å². The third-order valence-corrected chi connectivity index (χ3v) is 5.60. The zero-order valence-electron chi connectivity index (χ0n) is 18.1. The van der Waals surface area contributed by atoms with Gasteiger partial charge in [-0.05, 0) is 50.6 Å². The van der Waals surface area contributed by atoms with Gasteiger partial charge >= 0.3 is 0 Å². The molecule has 0 aliphatic carbocycles. The Morgan fingerprint density at radius 2 is 1.97 bits per heavy atom. The van der Waals surface area contributed by atoms with Crippen LogP contribution in [0, 0.1) is 5.92 Å². The molecule has 6 heteroatoms. The van der Waals surface area contributed by atoms with Gasteiger partial charge in [0.05, 0.1) is 31.4 Å². The number of carbonyl (C=O) groups excluding carboxylic acids is 2. The molecular weight excluding hydrogens is 380 g/mol. The van der Waals surface area contributed by atoms with E-state index in [-0.39, 0.29) is 30.2 Å². The molecule has 2 aromatic carbocycles. The molecule has 0 bridgehead atoms. The number of rotatable bonds is 8. The molecule has 2 unspecified atom stereocenters. The lowest BCUT2D eigenvalue weighted by Crippen LogP contribution is -2.39. The summed E-state index contributed by atoms with van der Waals surface area (Å²) in [5, 5.41) is 0. The second kappa shape index (κ2) is 9.65. The monoisotopic (exact) mass is 410 g/mol. The van der Waals surface area contributed by atoms with Crippen LogP contribution < -0.4 is 14.4 Å². The molecule has 1 aliphatic rings. The number of para-hydroxylation sites is 2. The van der Waals surface area contributed by atoms with Gasteiger partial charge in [-0.15, -0.1) is 0 Å². The molecule has 0 spiro atoms. The van der Waals surface area contributed by atoms with Crippen LogP contribution in [0.5, 0.6) is 11.5 Å². The maximum Gasteiger partial charge on any atom is 0.228 e. The fourth-order valence-corrected chi connectivity index (χ4v) is 4.00. The number of benzene rings is 2. The van der Waals surface area contributed by atoms with Crippen LogP contribution in [-0.4, -0.2) is 43.5 Å². The van der Waals surface area contributed by atoms with Crippen molar-refractivity contribution in [3.8, 4) is 11.5 Å². The van der Waals surface area contributed by atoms with Gasteiger partial charge in [-0.2, -0.15) is 0 Å². The summed E-state index contributed by atoms with van der Waals surface area (Å²) in [6.45, 7) is 7.33. The average Bonchev–Trinajstić information content (AvgIpc) is 3.16. The van der Waals surface area contributed by atoms with E-state index < -0.39 is 0 Å². The first-order valence-corrected chi connectivity index (χ1v) is 10.5. The first kappa shape index (κ1) is 21.7. The second-order valence-corrected chi connectivity index (χ2v) is 7.38. The van der Waals surface area contributed by atoms with Crippen molar-refractivity contribution in [1.29, 1.82) is 0 Å². The molecule has 30 heavy (non-hydrogen) atoms. The Morgan fingerprint density at radius 1 is 1.20 bits per heavy atom. The number of amides is 2. The number of hydrogen-bond acceptors (Lipinski definition) is 4. The highest BCUT2D eigenvalue weighted by molar-refractivity contribution is 6.01. The molecule has 2 aromatic rings. The van der Waals surface area contributed by atoms with Crippen LogP contribution in [-0.2, 0) is 9.59 Å². The lowest BCUT2D eigenvalue weighted by Gasteiger charge is -2.31. The predicted octanol–water partition coefficient (Wildman–Crippen LogP) is 4.06. The Kier molecular flexibility index (Phi) is 6.98. The average molecular weight is 411 g/mol. The zero-order valence-corrected chi connectivity index (χ0v) is 18.1. The SMILES string of the molecule is CCOc1ccccc1N1CC(C(=O)N(CC)C(C)c2cccc(OC)c2)CC1=O. The van der Waals surface area contributed by atoms with Gasteiger partial charge in [-0.1, -0.05) is 24.3 Å². The van der Waals surface area contributed by atoms with Gasteiger partial charge < -0.3 is 19.3 Å². The molecule has 1 saturated heterocycles. The molecule has 1 aliphatic heterocycles. The molecule has 0 saturated carbocycles. The van der Waals surface area contributed by atoms with Gasteiger partial charge in [0.15, 0.2) is 0 Å². The van der Waals surface area contributed by atoms with E-state index in [2.05, 4.69) is 0 Å². The fourth-order valence-electron chi connectivity index (χ4n) is 4.00. The molecule has 160 valence electrons. The number of anilines is 1. The summed E-state index contributed by atoms with van der Waals surface area (Å²) in [4.78, 5) is 29.6. The van der Waals surface area contributed by atoms with Crippen LogP contribution in [0.4, 0.5) is 5.69 Å². The molecule has 2 amide bonds. The minimum atomic E-state index is -0.375. The highest BCUT2D eigenvalue weighted by Gasteiger charge is 2.39. The normalized spacial score (nSPS) is 17.0. The van der Waals surface area contributed by atoms with Crippen molar-refractivity contribution >= 4 is 17.5 Å². The van der Waals surface area contributed by atoms with Gasteiger partial charge in [0.1, 0.15) is 11.5 Å². The molecule has 0 N–H and O–H groups in total. The molecule has 1 fully saturated rings. The second-order valence-electron chi connectivity index (χ2n) is 7.38. The summed E-state index contributed by atoms with van der Waals surface area (Å²) in [5.41, 5.74) is 1.73. The summed E-state index contributed by atoms with van der Waals surface area (Å²) in [6, 6.07) is 15.1. The van der Waals surface area contributed by atoms with Crippen LogP contribution in [0.2, 0.25) is 0 Å². The van der Waals surface area contributed by atoms with E-state index in [1.165, 1.54) is 0 Å². The van der Waals surface area contributed by atoms with Crippen molar-refractivity contribution in [2.24, 2.45) is 5.92 Å². The number of carbonyl (C=O) groups is 2. The van der Waals surface area contributed by atoms with Crippen molar-refractivity contribution in [1.82, 2.24) is 4.90 Å². The number of nitrogens with zero attached hydrogens (tertiary/aromatic N) is 2. The Hall–Kier alpha value is -3.02. The lowest BCUT2D eigenvalue weighted by molar-refractivity contribution is -0.137. The van der Waals surface area contributed by atoms with E-state index in [0.717, 1.165) is 17.0 Å². The Morgan fingerprint density at radius 3 is 2.67 bits per heavy atom. The lowest BCUT2D eigenvalue weighted by atomic mass is 10.0. The topological polar surface area (TPSA) is 59.1 Å². The molecule has 2 atom stereocenters. The molecule has 0 radical (unpaired) electrons. The van der Waals surface area contributed by atoms with Crippen LogP contribution in [0.15, 0.2) is 48.5 Å². The zero-order chi connectivity index (χ0) is 21.7. The van der Waals surface area contributed by atoms with Crippen LogP contribution in [0.3, 0.4) is 0 Å². The van der Waals surface area contributed by atoms with E-state index in [1.54, 1.807) is 12.0 Å². The third kappa shape index (κ3) is 4.42. The van der Waals surface area contributed by atoms with E-state index >= 15 is 0 Å². The Labute approximate surface area is 178 Å². The van der Waals surface area contributed by atoms with Gasteiger partial charge in [0, 0.05) is 19.5 Å². The maximum absolute atomic E-state index is 13.4. The first-order chi connectivity index (χ1) is 14.5. The fraction of sp³-hybridized carbons (Fsp3) is 0.417. The summed E-state index contributed by atoms with van der Waals surface area (Å²) in [5.74, 6) is 1.000. The van der Waals surface area contributed by atoms with E-state index in [4.69, 9.17) is 9.47 Å². The number of ether oxygens (including phenoxy) is 2. The van der Waals surface area contributed by atoms with Gasteiger partial charge in [-0.3, -0.25) is 9.59 Å². The predicted molar refractivity (Wildman–Crippen MR) is 117 cm³/mol. The van der Waals surface area contributed by atoms with Crippen molar-refractivity contribution in [3.05, 3.63) is 54.1 Å². The minimum Gasteiger partial charge on any atom is -0.497 e. The summed E-state index contributed by atoms with van der Waals surface area (Å²) < 4.78 is 11.0. The number of methoxy groups -OCH3 is 1. The highest BCUT2D eigenvalue weighted by Crippen LogP contribution is 2.34. The summed E-state index contributed by atoms with van der Waals surface area (Å²) in [6.07, 6.45) is 0.209. The minimum absolute atomic E-state index is 0.00226. The molecule has 3 rings (SSSR count). The quantitative estimate of drug-likeness (QED) is 0.659. The molecule has 6 nitrogen and oxygen atoms in total. The molecule has 0 aromatic heterocycles. The van der Waals surface area contributed by atoms with E-state index in [9.17, 15) is 9.59 Å². The molecule has 1 heterocycles. The standard InChI is InChI=1S/C24H30N2O4/c1-5-25(17(3)18-10-9-11-20(14-18)29-4)24(28)19-15-23(27)26(16-19)21-12-7-8-13-22(21)30-6-2/h7-14,17,19H,5-6,15-16H2,1-4H3. The van der Waals surface area contributed by atoms with Gasteiger partial charge in [0.25, 0.3) is 0 Å². The first-order valence-electron chi connectivity index (χ1n) is 10.5. The van der Waals surface area contributed by atoms with E-state index in [0.29, 0.717) is 25.4 Å². The van der Waals surface area contributed by atoms with Gasteiger partial charge in [0.2, 0.25) is 11.8 Å². The molecular formula is C24H30N2O4. The van der Waals surface area contributed by atoms with Crippen molar-refractivity contribution in [2.45, 2.75) is 33.2 Å². The smallest absolute Gasteiger partial charge is 0.228 e. The van der Waals surface area contributed by atoms with Crippen LogP contribution >= 0.6 is 0 Å². The number of hydrogen-bond donors (Lipinski definition) is 0. The van der Waals surface area contributed by atoms with Crippen LogP contribution in [0.1, 0.15) is 38.8 Å². The summed E-state index contributed by atoms with van der Waals surface area (Å²) >= 11 is 0. The largest absolute Gasteiger partial charge is 0.497 e. The van der Waals surface area contributed by atoms with Crippen molar-refractivity contribution < 1.29 is 19.1 Å². The Bertz CT molecular complexity index is 898. The van der Waals surface area contributed by atoms with Crippen LogP contribution in [0.25, 0.3) is 0 Å².